The molecule has 0 radical (unpaired) electrons. The van der Waals surface area contributed by atoms with Gasteiger partial charge in [0.2, 0.25) is 0 Å². The van der Waals surface area contributed by atoms with Gasteiger partial charge in [-0.05, 0) is 37.9 Å². The minimum atomic E-state index is 0.341. The van der Waals surface area contributed by atoms with E-state index in [1.807, 2.05) is 11.8 Å². The number of hydrogen-bond acceptors (Lipinski definition) is 3. The van der Waals surface area contributed by atoms with Crippen LogP contribution >= 0.6 is 11.8 Å². The van der Waals surface area contributed by atoms with E-state index in [1.54, 1.807) is 6.92 Å². The maximum Gasteiger partial charge on any atom is 0.131 e. The summed E-state index contributed by atoms with van der Waals surface area (Å²) < 4.78 is 0. The van der Waals surface area contributed by atoms with Gasteiger partial charge in [0.25, 0.3) is 0 Å². The Morgan fingerprint density at radius 3 is 3.00 bits per heavy atom. The van der Waals surface area contributed by atoms with E-state index in [0.29, 0.717) is 17.7 Å². The van der Waals surface area contributed by atoms with Crippen molar-refractivity contribution in [2.75, 3.05) is 18.8 Å². The first-order chi connectivity index (χ1) is 10.2. The van der Waals surface area contributed by atoms with Gasteiger partial charge in [-0.15, -0.1) is 11.8 Å². The zero-order chi connectivity index (χ0) is 14.7. The van der Waals surface area contributed by atoms with Crippen molar-refractivity contribution in [3.63, 3.8) is 0 Å². The number of fused-ring (bicyclic) bond motifs is 1. The fourth-order valence-electron chi connectivity index (χ4n) is 3.70. The van der Waals surface area contributed by atoms with E-state index in [9.17, 15) is 4.79 Å². The van der Waals surface area contributed by atoms with Crippen molar-refractivity contribution in [3.8, 4) is 0 Å². The standard InChI is InChI=1S/C18H25NOS/c1-14(20)11-16-7-3-2-6-10-19(16)12-15-13-21-18-9-5-4-8-17(15)18/h4-5,8-9,15-16H,2-3,6-7,10-13H2,1H3. The van der Waals surface area contributed by atoms with Gasteiger partial charge in [-0.1, -0.05) is 31.0 Å². The predicted octanol–water partition coefficient (Wildman–Crippen LogP) is 4.10. The molecule has 2 aliphatic rings. The molecular formula is C18H25NOS. The molecule has 2 unspecified atom stereocenters. The maximum absolute atomic E-state index is 11.6. The Kier molecular flexibility index (Phi) is 5.02. The average Bonchev–Trinajstić information content (AvgIpc) is 2.75. The van der Waals surface area contributed by atoms with Crippen molar-refractivity contribution in [2.24, 2.45) is 0 Å². The van der Waals surface area contributed by atoms with Crippen LogP contribution in [0.2, 0.25) is 0 Å². The van der Waals surface area contributed by atoms with Crippen molar-refractivity contribution >= 4 is 17.5 Å². The summed E-state index contributed by atoms with van der Waals surface area (Å²) in [6.45, 7) is 4.03. The molecule has 1 fully saturated rings. The molecule has 0 aromatic heterocycles. The monoisotopic (exact) mass is 303 g/mol. The summed E-state index contributed by atoms with van der Waals surface area (Å²) in [6, 6.07) is 9.31. The molecule has 0 amide bonds. The first kappa shape index (κ1) is 15.1. The lowest BCUT2D eigenvalue weighted by molar-refractivity contribution is -0.118. The van der Waals surface area contributed by atoms with E-state index in [-0.39, 0.29) is 0 Å². The summed E-state index contributed by atoms with van der Waals surface area (Å²) in [5.41, 5.74) is 1.52. The smallest absolute Gasteiger partial charge is 0.131 e. The first-order valence-corrected chi connectivity index (χ1v) is 9.18. The second-order valence-electron chi connectivity index (χ2n) is 6.45. The summed E-state index contributed by atoms with van der Waals surface area (Å²) >= 11 is 1.99. The Hall–Kier alpha value is -0.800. The third-order valence-corrected chi connectivity index (χ3v) is 6.03. The van der Waals surface area contributed by atoms with Crippen LogP contribution in [0.4, 0.5) is 0 Å². The zero-order valence-corrected chi connectivity index (χ0v) is 13.7. The van der Waals surface area contributed by atoms with Gasteiger partial charge in [-0.2, -0.15) is 0 Å². The Morgan fingerprint density at radius 2 is 2.14 bits per heavy atom. The summed E-state index contributed by atoms with van der Waals surface area (Å²) in [4.78, 5) is 15.6. The molecule has 3 heteroatoms. The van der Waals surface area contributed by atoms with E-state index in [2.05, 4.69) is 29.2 Å². The number of carbonyl (C=O) groups is 1. The highest BCUT2D eigenvalue weighted by molar-refractivity contribution is 7.99. The molecular weight excluding hydrogens is 278 g/mol. The second kappa shape index (κ2) is 6.97. The highest BCUT2D eigenvalue weighted by Gasteiger charge is 2.29. The predicted molar refractivity (Wildman–Crippen MR) is 89.0 cm³/mol. The third-order valence-electron chi connectivity index (χ3n) is 4.78. The number of nitrogens with zero attached hydrogens (tertiary/aromatic N) is 1. The summed E-state index contributed by atoms with van der Waals surface area (Å²) in [5, 5.41) is 0. The fraction of sp³-hybridized carbons (Fsp3) is 0.611. The van der Waals surface area contributed by atoms with E-state index in [0.717, 1.165) is 13.0 Å². The normalized spacial score (nSPS) is 26.3. The zero-order valence-electron chi connectivity index (χ0n) is 12.9. The van der Waals surface area contributed by atoms with Crippen molar-refractivity contribution in [1.82, 2.24) is 4.90 Å². The van der Waals surface area contributed by atoms with Crippen molar-refractivity contribution in [1.29, 1.82) is 0 Å². The van der Waals surface area contributed by atoms with Crippen LogP contribution in [0.3, 0.4) is 0 Å². The van der Waals surface area contributed by atoms with Crippen LogP contribution in [-0.4, -0.2) is 35.6 Å². The van der Waals surface area contributed by atoms with Crippen LogP contribution < -0.4 is 0 Å². The molecule has 0 saturated carbocycles. The molecule has 1 saturated heterocycles. The number of carbonyl (C=O) groups excluding carboxylic acids is 1. The molecule has 2 aliphatic heterocycles. The lowest BCUT2D eigenvalue weighted by Gasteiger charge is -2.31. The van der Waals surface area contributed by atoms with Gasteiger partial charge in [-0.25, -0.2) is 0 Å². The Bertz CT molecular complexity index is 502. The Morgan fingerprint density at radius 1 is 1.29 bits per heavy atom. The number of likely N-dealkylation sites (tertiary alicyclic amines) is 1. The lowest BCUT2D eigenvalue weighted by Crippen LogP contribution is -2.39. The van der Waals surface area contributed by atoms with Gasteiger partial charge >= 0.3 is 0 Å². The van der Waals surface area contributed by atoms with Gasteiger partial charge in [0.1, 0.15) is 5.78 Å². The van der Waals surface area contributed by atoms with Crippen LogP contribution in [0.5, 0.6) is 0 Å². The van der Waals surface area contributed by atoms with Gasteiger partial charge < -0.3 is 0 Å². The van der Waals surface area contributed by atoms with Crippen LogP contribution in [0.25, 0.3) is 0 Å². The number of hydrogen-bond donors (Lipinski definition) is 0. The summed E-state index contributed by atoms with van der Waals surface area (Å²) in [7, 11) is 0. The first-order valence-electron chi connectivity index (χ1n) is 8.19. The molecule has 2 atom stereocenters. The molecule has 2 heterocycles. The van der Waals surface area contributed by atoms with Gasteiger partial charge in [0.15, 0.2) is 0 Å². The van der Waals surface area contributed by atoms with Crippen LogP contribution in [-0.2, 0) is 4.79 Å². The number of Topliss-reactive ketones (excluding diaryl/α,β-unsaturated/α-hetero) is 1. The molecule has 1 aromatic rings. The topological polar surface area (TPSA) is 20.3 Å². The Balaban J connectivity index is 1.71. The van der Waals surface area contributed by atoms with Gasteiger partial charge in [0.05, 0.1) is 0 Å². The molecule has 2 nitrogen and oxygen atoms in total. The quantitative estimate of drug-likeness (QED) is 0.835. The summed E-state index contributed by atoms with van der Waals surface area (Å²) in [6.07, 6.45) is 5.82. The third kappa shape index (κ3) is 3.70. The highest BCUT2D eigenvalue weighted by atomic mass is 32.2. The van der Waals surface area contributed by atoms with E-state index >= 15 is 0 Å². The van der Waals surface area contributed by atoms with E-state index in [1.165, 1.54) is 48.4 Å². The SMILES string of the molecule is CC(=O)CC1CCCCCN1CC1CSc2ccccc21. The number of thioether (sulfide) groups is 1. The minimum absolute atomic E-state index is 0.341. The van der Waals surface area contributed by atoms with Crippen molar-refractivity contribution in [3.05, 3.63) is 29.8 Å². The van der Waals surface area contributed by atoms with E-state index in [4.69, 9.17) is 0 Å². The largest absolute Gasteiger partial charge is 0.300 e. The number of rotatable bonds is 4. The molecule has 114 valence electrons. The van der Waals surface area contributed by atoms with Crippen molar-refractivity contribution < 1.29 is 4.79 Å². The molecule has 21 heavy (non-hydrogen) atoms. The van der Waals surface area contributed by atoms with Crippen molar-refractivity contribution in [2.45, 2.75) is 55.9 Å². The highest BCUT2D eigenvalue weighted by Crippen LogP contribution is 2.40. The lowest BCUT2D eigenvalue weighted by atomic mass is 9.98. The molecule has 0 spiro atoms. The second-order valence-corrected chi connectivity index (χ2v) is 7.51. The minimum Gasteiger partial charge on any atom is -0.300 e. The Labute approximate surface area is 132 Å². The average molecular weight is 303 g/mol. The molecule has 0 N–H and O–H groups in total. The molecule has 1 aromatic carbocycles. The van der Waals surface area contributed by atoms with Gasteiger partial charge in [-0.3, -0.25) is 9.69 Å². The maximum atomic E-state index is 11.6. The number of ketones is 1. The number of benzene rings is 1. The van der Waals surface area contributed by atoms with Crippen LogP contribution in [0, 0.1) is 0 Å². The summed E-state index contributed by atoms with van der Waals surface area (Å²) in [5.74, 6) is 2.18. The van der Waals surface area contributed by atoms with E-state index < -0.39 is 0 Å². The van der Waals surface area contributed by atoms with Crippen LogP contribution in [0.1, 0.15) is 50.5 Å². The fourth-order valence-corrected chi connectivity index (χ4v) is 4.95. The molecule has 0 aliphatic carbocycles. The molecule has 0 bridgehead atoms. The molecule has 3 rings (SSSR count). The van der Waals surface area contributed by atoms with Gasteiger partial charge in [0, 0.05) is 35.6 Å². The van der Waals surface area contributed by atoms with Crippen LogP contribution in [0.15, 0.2) is 29.2 Å².